The van der Waals surface area contributed by atoms with Gasteiger partial charge in [0.15, 0.2) is 0 Å². The van der Waals surface area contributed by atoms with Crippen LogP contribution in [0.4, 0.5) is 0 Å². The van der Waals surface area contributed by atoms with E-state index >= 15 is 0 Å². The second-order valence-electron chi connectivity index (χ2n) is 2.93. The molecular formula is C12H18N2O2. The Morgan fingerprint density at radius 3 is 2.25 bits per heavy atom. The van der Waals surface area contributed by atoms with Crippen LogP contribution in [0.15, 0.2) is 35.5 Å². The number of nitrogens with one attached hydrogen (secondary N) is 1. The molecule has 0 amide bonds. The molecule has 0 bridgehead atoms. The summed E-state index contributed by atoms with van der Waals surface area (Å²) in [5, 5.41) is 13.8. The van der Waals surface area contributed by atoms with Crippen molar-refractivity contribution in [3.63, 3.8) is 0 Å². The summed E-state index contributed by atoms with van der Waals surface area (Å²) in [7, 11) is 0. The van der Waals surface area contributed by atoms with Gasteiger partial charge in [-0.05, 0) is 13.1 Å². The van der Waals surface area contributed by atoms with Gasteiger partial charge in [-0.25, -0.2) is 0 Å². The molecule has 4 heteroatoms. The number of ketones is 1. The molecule has 1 aromatic rings. The van der Waals surface area contributed by atoms with Crippen molar-refractivity contribution in [1.29, 1.82) is 0 Å². The largest absolute Gasteiger partial charge is 0.411 e. The fraction of sp³-hybridized carbons (Fsp3) is 0.333. The first-order valence-electron chi connectivity index (χ1n) is 5.23. The molecule has 0 saturated carbocycles. The summed E-state index contributed by atoms with van der Waals surface area (Å²) in [6.07, 6.45) is 0.870. The number of carbonyl (C=O) groups is 1. The van der Waals surface area contributed by atoms with Crippen LogP contribution in [-0.4, -0.2) is 30.3 Å². The van der Waals surface area contributed by atoms with Gasteiger partial charge in [-0.3, -0.25) is 4.79 Å². The Morgan fingerprint density at radius 2 is 1.88 bits per heavy atom. The molecule has 0 heterocycles. The zero-order valence-electron chi connectivity index (χ0n) is 9.68. The lowest BCUT2D eigenvalue weighted by atomic mass is 10.1. The molecule has 0 aliphatic carbocycles. The SMILES string of the molecule is CCNCC.O=C(C=NO)c1ccccc1. The lowest BCUT2D eigenvalue weighted by Crippen LogP contribution is -2.09. The number of nitrogens with zero attached hydrogens (tertiary/aromatic N) is 1. The molecular weight excluding hydrogens is 204 g/mol. The fourth-order valence-corrected chi connectivity index (χ4v) is 0.979. The normalized spacial score (nSPS) is 9.62. The highest BCUT2D eigenvalue weighted by atomic mass is 16.4. The van der Waals surface area contributed by atoms with Gasteiger partial charge in [0.05, 0.1) is 0 Å². The predicted octanol–water partition coefficient (Wildman–Crippen LogP) is 1.95. The smallest absolute Gasteiger partial charge is 0.207 e. The van der Waals surface area contributed by atoms with Gasteiger partial charge < -0.3 is 10.5 Å². The van der Waals surface area contributed by atoms with Crippen molar-refractivity contribution in [3.05, 3.63) is 35.9 Å². The van der Waals surface area contributed by atoms with Gasteiger partial charge >= 0.3 is 0 Å². The molecule has 0 spiro atoms. The summed E-state index contributed by atoms with van der Waals surface area (Å²) in [5.41, 5.74) is 0.519. The maximum Gasteiger partial charge on any atom is 0.207 e. The molecule has 1 aromatic carbocycles. The van der Waals surface area contributed by atoms with Crippen LogP contribution in [0.5, 0.6) is 0 Å². The molecule has 0 fully saturated rings. The predicted molar refractivity (Wildman–Crippen MR) is 65.3 cm³/mol. The van der Waals surface area contributed by atoms with E-state index in [0.29, 0.717) is 5.56 Å². The molecule has 0 unspecified atom stereocenters. The quantitative estimate of drug-likeness (QED) is 0.354. The van der Waals surface area contributed by atoms with Crippen molar-refractivity contribution in [3.8, 4) is 0 Å². The summed E-state index contributed by atoms with van der Waals surface area (Å²) in [4.78, 5) is 10.9. The lowest BCUT2D eigenvalue weighted by Gasteiger charge is -1.90. The molecule has 4 nitrogen and oxygen atoms in total. The highest BCUT2D eigenvalue weighted by molar-refractivity contribution is 6.35. The standard InChI is InChI=1S/C8H7NO2.C4H11N/c10-8(6-9-11)7-4-2-1-3-5-7;1-3-5-4-2/h1-6,11H;5H,3-4H2,1-2H3. The van der Waals surface area contributed by atoms with Gasteiger partial charge in [-0.1, -0.05) is 49.3 Å². The number of rotatable bonds is 4. The highest BCUT2D eigenvalue weighted by Gasteiger charge is 1.98. The molecule has 16 heavy (non-hydrogen) atoms. The number of oxime groups is 1. The topological polar surface area (TPSA) is 61.7 Å². The zero-order valence-corrected chi connectivity index (χ0v) is 9.68. The molecule has 0 aliphatic rings. The Hall–Kier alpha value is -1.68. The third-order valence-electron chi connectivity index (χ3n) is 1.73. The molecule has 0 aromatic heterocycles. The van der Waals surface area contributed by atoms with Crippen LogP contribution in [0.2, 0.25) is 0 Å². The summed E-state index contributed by atoms with van der Waals surface area (Å²) in [6.45, 7) is 6.39. The van der Waals surface area contributed by atoms with Crippen LogP contribution in [0, 0.1) is 0 Å². The average molecular weight is 222 g/mol. The van der Waals surface area contributed by atoms with Gasteiger partial charge in [0, 0.05) is 5.56 Å². The lowest BCUT2D eigenvalue weighted by molar-refractivity contribution is 0.106. The third kappa shape index (κ3) is 6.73. The summed E-state index contributed by atoms with van der Waals surface area (Å²) in [6, 6.07) is 8.62. The number of hydrogen-bond acceptors (Lipinski definition) is 4. The Labute approximate surface area is 96.0 Å². The van der Waals surface area contributed by atoms with E-state index in [1.54, 1.807) is 24.3 Å². The molecule has 0 radical (unpaired) electrons. The fourth-order valence-electron chi connectivity index (χ4n) is 0.979. The minimum atomic E-state index is -0.298. The van der Waals surface area contributed by atoms with Crippen LogP contribution >= 0.6 is 0 Å². The zero-order chi connectivity index (χ0) is 12.2. The second kappa shape index (κ2) is 9.86. The van der Waals surface area contributed by atoms with Crippen LogP contribution in [0.1, 0.15) is 24.2 Å². The van der Waals surface area contributed by atoms with Crippen LogP contribution < -0.4 is 5.32 Å². The minimum Gasteiger partial charge on any atom is -0.411 e. The van der Waals surface area contributed by atoms with Gasteiger partial charge in [-0.2, -0.15) is 0 Å². The molecule has 0 atom stereocenters. The Kier molecular flexibility index (Phi) is 8.82. The second-order valence-corrected chi connectivity index (χ2v) is 2.93. The van der Waals surface area contributed by atoms with Crippen molar-refractivity contribution < 1.29 is 10.0 Å². The van der Waals surface area contributed by atoms with Crippen molar-refractivity contribution in [1.82, 2.24) is 5.32 Å². The van der Waals surface area contributed by atoms with E-state index in [-0.39, 0.29) is 5.78 Å². The van der Waals surface area contributed by atoms with E-state index < -0.39 is 0 Å². The Balaban J connectivity index is 0.000000385. The van der Waals surface area contributed by atoms with Gasteiger partial charge in [-0.15, -0.1) is 0 Å². The van der Waals surface area contributed by atoms with E-state index in [9.17, 15) is 4.79 Å². The summed E-state index contributed by atoms with van der Waals surface area (Å²) in [5.74, 6) is -0.298. The van der Waals surface area contributed by atoms with Gasteiger partial charge in [0.1, 0.15) is 6.21 Å². The first kappa shape index (κ1) is 14.3. The van der Waals surface area contributed by atoms with Gasteiger partial charge in [0.2, 0.25) is 5.78 Å². The van der Waals surface area contributed by atoms with Crippen molar-refractivity contribution in [2.24, 2.45) is 5.16 Å². The van der Waals surface area contributed by atoms with Crippen molar-refractivity contribution >= 4 is 12.0 Å². The minimum absolute atomic E-state index is 0.298. The maximum absolute atomic E-state index is 10.9. The Bertz CT molecular complexity index is 308. The number of benzene rings is 1. The molecule has 2 N–H and O–H groups in total. The van der Waals surface area contributed by atoms with E-state index in [0.717, 1.165) is 19.3 Å². The van der Waals surface area contributed by atoms with E-state index in [1.807, 2.05) is 6.07 Å². The summed E-state index contributed by atoms with van der Waals surface area (Å²) < 4.78 is 0. The average Bonchev–Trinajstić information content (AvgIpc) is 2.32. The monoisotopic (exact) mass is 222 g/mol. The van der Waals surface area contributed by atoms with E-state index in [2.05, 4.69) is 24.3 Å². The number of hydrogen-bond donors (Lipinski definition) is 2. The summed E-state index contributed by atoms with van der Waals surface area (Å²) >= 11 is 0. The maximum atomic E-state index is 10.9. The molecule has 1 rings (SSSR count). The number of Topliss-reactive ketones (excluding diaryl/α,β-unsaturated/α-hetero) is 1. The highest BCUT2D eigenvalue weighted by Crippen LogP contribution is 1.97. The van der Waals surface area contributed by atoms with Crippen molar-refractivity contribution in [2.75, 3.05) is 13.1 Å². The Morgan fingerprint density at radius 1 is 1.31 bits per heavy atom. The van der Waals surface area contributed by atoms with E-state index in [4.69, 9.17) is 5.21 Å². The molecule has 0 aliphatic heterocycles. The molecule has 88 valence electrons. The molecule has 0 saturated heterocycles. The van der Waals surface area contributed by atoms with Crippen LogP contribution in [0.25, 0.3) is 0 Å². The van der Waals surface area contributed by atoms with Gasteiger partial charge in [0.25, 0.3) is 0 Å². The third-order valence-corrected chi connectivity index (χ3v) is 1.73. The van der Waals surface area contributed by atoms with Crippen molar-refractivity contribution in [2.45, 2.75) is 13.8 Å². The van der Waals surface area contributed by atoms with Crippen LogP contribution in [-0.2, 0) is 0 Å². The van der Waals surface area contributed by atoms with Crippen LogP contribution in [0.3, 0.4) is 0 Å². The first-order valence-corrected chi connectivity index (χ1v) is 5.23. The van der Waals surface area contributed by atoms with E-state index in [1.165, 1.54) is 0 Å². The number of carbonyl (C=O) groups excluding carboxylic acids is 1. The first-order chi connectivity index (χ1) is 7.76.